The molecule has 3 rings (SSSR count). The minimum atomic E-state index is -0.165. The number of ether oxygens (including phenoxy) is 1. The fourth-order valence-electron chi connectivity index (χ4n) is 3.59. The third kappa shape index (κ3) is 4.95. The first-order valence-corrected chi connectivity index (χ1v) is 9.07. The van der Waals surface area contributed by atoms with Crippen molar-refractivity contribution in [2.75, 3.05) is 52.9 Å². The molecule has 2 fully saturated rings. The van der Waals surface area contributed by atoms with Gasteiger partial charge in [0.25, 0.3) is 0 Å². The molecule has 0 radical (unpaired) electrons. The van der Waals surface area contributed by atoms with Crippen molar-refractivity contribution < 1.29 is 9.53 Å². The summed E-state index contributed by atoms with van der Waals surface area (Å²) in [5, 5.41) is 0. The zero-order valence-corrected chi connectivity index (χ0v) is 14.7. The summed E-state index contributed by atoms with van der Waals surface area (Å²) < 4.78 is 5.49. The van der Waals surface area contributed by atoms with E-state index in [1.54, 1.807) is 0 Å². The van der Waals surface area contributed by atoms with E-state index in [1.807, 2.05) is 35.2 Å². The van der Waals surface area contributed by atoms with Gasteiger partial charge in [-0.3, -0.25) is 0 Å². The number of carbonyl (C=O) groups excluding carboxylic acids is 1. The van der Waals surface area contributed by atoms with Crippen LogP contribution in [0.5, 0.6) is 0 Å². The van der Waals surface area contributed by atoms with Gasteiger partial charge in [0.2, 0.25) is 0 Å². The van der Waals surface area contributed by atoms with Gasteiger partial charge < -0.3 is 19.4 Å². The SMILES string of the molecule is CN1CCN(CC2CCCN(C(=O)OCc3ccccc3)C2)CC1. The topological polar surface area (TPSA) is 36.0 Å². The Morgan fingerprint density at radius 1 is 1.12 bits per heavy atom. The second kappa shape index (κ2) is 8.49. The van der Waals surface area contributed by atoms with Crippen LogP contribution in [0.3, 0.4) is 0 Å². The molecule has 132 valence electrons. The first kappa shape index (κ1) is 17.2. The summed E-state index contributed by atoms with van der Waals surface area (Å²) in [6.07, 6.45) is 2.13. The fraction of sp³-hybridized carbons (Fsp3) is 0.632. The van der Waals surface area contributed by atoms with E-state index in [0.29, 0.717) is 12.5 Å². The van der Waals surface area contributed by atoms with Crippen LogP contribution < -0.4 is 0 Å². The molecule has 0 spiro atoms. The molecular formula is C19H29N3O2. The number of nitrogens with zero attached hydrogens (tertiary/aromatic N) is 3. The molecule has 0 aromatic heterocycles. The van der Waals surface area contributed by atoms with Crippen molar-refractivity contribution in [3.63, 3.8) is 0 Å². The molecule has 5 nitrogen and oxygen atoms in total. The molecule has 1 atom stereocenters. The molecule has 1 unspecified atom stereocenters. The third-order valence-corrected chi connectivity index (χ3v) is 5.09. The van der Waals surface area contributed by atoms with Crippen LogP contribution in [0, 0.1) is 5.92 Å². The van der Waals surface area contributed by atoms with Gasteiger partial charge in [-0.1, -0.05) is 30.3 Å². The molecule has 0 saturated carbocycles. The first-order chi connectivity index (χ1) is 11.7. The van der Waals surface area contributed by atoms with Crippen LogP contribution in [-0.4, -0.2) is 73.7 Å². The molecule has 1 amide bonds. The largest absolute Gasteiger partial charge is 0.445 e. The van der Waals surface area contributed by atoms with Crippen molar-refractivity contribution in [1.82, 2.24) is 14.7 Å². The fourth-order valence-corrected chi connectivity index (χ4v) is 3.59. The molecule has 5 heteroatoms. The van der Waals surface area contributed by atoms with Crippen molar-refractivity contribution in [2.45, 2.75) is 19.4 Å². The lowest BCUT2D eigenvalue weighted by atomic mass is 9.97. The van der Waals surface area contributed by atoms with Crippen molar-refractivity contribution in [3.8, 4) is 0 Å². The molecule has 2 aliphatic rings. The lowest BCUT2D eigenvalue weighted by molar-refractivity contribution is 0.0662. The zero-order valence-electron chi connectivity index (χ0n) is 14.7. The molecule has 24 heavy (non-hydrogen) atoms. The number of rotatable bonds is 4. The van der Waals surface area contributed by atoms with Crippen molar-refractivity contribution in [3.05, 3.63) is 35.9 Å². The van der Waals surface area contributed by atoms with Crippen LogP contribution in [0.25, 0.3) is 0 Å². The van der Waals surface area contributed by atoms with E-state index in [2.05, 4.69) is 16.8 Å². The number of amides is 1. The normalized spacial score (nSPS) is 23.2. The summed E-state index contributed by atoms with van der Waals surface area (Å²) in [7, 11) is 2.18. The van der Waals surface area contributed by atoms with Crippen LogP contribution in [0.15, 0.2) is 30.3 Å². The highest BCUT2D eigenvalue weighted by Gasteiger charge is 2.27. The van der Waals surface area contributed by atoms with Crippen molar-refractivity contribution in [2.24, 2.45) is 5.92 Å². The summed E-state index contributed by atoms with van der Waals surface area (Å²) in [6.45, 7) is 7.71. The Morgan fingerprint density at radius 2 is 1.88 bits per heavy atom. The van der Waals surface area contributed by atoms with Gasteiger partial charge in [0.15, 0.2) is 0 Å². The maximum atomic E-state index is 12.3. The highest BCUT2D eigenvalue weighted by molar-refractivity contribution is 5.67. The molecule has 0 bridgehead atoms. The number of carbonyl (C=O) groups is 1. The van der Waals surface area contributed by atoms with E-state index in [4.69, 9.17) is 4.74 Å². The first-order valence-electron chi connectivity index (χ1n) is 9.07. The molecule has 2 saturated heterocycles. The number of piperidine rings is 1. The van der Waals surface area contributed by atoms with E-state index >= 15 is 0 Å². The van der Waals surface area contributed by atoms with Gasteiger partial charge >= 0.3 is 6.09 Å². The van der Waals surface area contributed by atoms with Gasteiger partial charge in [0.05, 0.1) is 0 Å². The van der Waals surface area contributed by atoms with Crippen LogP contribution in [0.4, 0.5) is 4.79 Å². The Morgan fingerprint density at radius 3 is 2.62 bits per heavy atom. The number of likely N-dealkylation sites (tertiary alicyclic amines) is 1. The molecule has 1 aromatic rings. The molecule has 0 N–H and O–H groups in total. The van der Waals surface area contributed by atoms with E-state index < -0.39 is 0 Å². The highest BCUT2D eigenvalue weighted by Crippen LogP contribution is 2.19. The minimum absolute atomic E-state index is 0.165. The maximum absolute atomic E-state index is 12.3. The predicted octanol–water partition coefficient (Wildman–Crippen LogP) is 2.28. The quantitative estimate of drug-likeness (QED) is 0.848. The van der Waals surface area contributed by atoms with Gasteiger partial charge in [0.1, 0.15) is 6.61 Å². The Balaban J connectivity index is 1.43. The van der Waals surface area contributed by atoms with E-state index in [1.165, 1.54) is 6.42 Å². The smallest absolute Gasteiger partial charge is 0.410 e. The third-order valence-electron chi connectivity index (χ3n) is 5.09. The second-order valence-corrected chi connectivity index (χ2v) is 7.10. The summed E-state index contributed by atoms with van der Waals surface area (Å²) in [4.78, 5) is 19.2. The van der Waals surface area contributed by atoms with Gasteiger partial charge in [0, 0.05) is 45.8 Å². The van der Waals surface area contributed by atoms with Gasteiger partial charge in [-0.15, -0.1) is 0 Å². The van der Waals surface area contributed by atoms with Crippen molar-refractivity contribution in [1.29, 1.82) is 0 Å². The Kier molecular flexibility index (Phi) is 6.10. The zero-order chi connectivity index (χ0) is 16.8. The summed E-state index contributed by atoms with van der Waals surface area (Å²) in [6, 6.07) is 9.88. The lowest BCUT2D eigenvalue weighted by Gasteiger charge is -2.38. The van der Waals surface area contributed by atoms with Gasteiger partial charge in [-0.25, -0.2) is 4.79 Å². The number of benzene rings is 1. The van der Waals surface area contributed by atoms with E-state index in [0.717, 1.165) is 57.8 Å². The lowest BCUT2D eigenvalue weighted by Crippen LogP contribution is -2.49. The monoisotopic (exact) mass is 331 g/mol. The van der Waals surface area contributed by atoms with Crippen molar-refractivity contribution >= 4 is 6.09 Å². The minimum Gasteiger partial charge on any atom is -0.445 e. The Labute approximate surface area is 145 Å². The molecule has 2 aliphatic heterocycles. The predicted molar refractivity (Wildman–Crippen MR) is 94.9 cm³/mol. The molecule has 1 aromatic carbocycles. The number of hydrogen-bond donors (Lipinski definition) is 0. The number of piperazine rings is 1. The number of likely N-dealkylation sites (N-methyl/N-ethyl adjacent to an activating group) is 1. The van der Waals surface area contributed by atoms with Crippen LogP contribution in [0.2, 0.25) is 0 Å². The van der Waals surface area contributed by atoms with Gasteiger partial charge in [-0.05, 0) is 31.4 Å². The Bertz CT molecular complexity index is 515. The molecule has 0 aliphatic carbocycles. The van der Waals surface area contributed by atoms with Crippen LogP contribution in [0.1, 0.15) is 18.4 Å². The summed E-state index contributed by atoms with van der Waals surface area (Å²) in [5.41, 5.74) is 1.04. The average molecular weight is 331 g/mol. The standard InChI is InChI=1S/C19H29N3O2/c1-20-10-12-21(13-11-20)14-18-8-5-9-22(15-18)19(23)24-16-17-6-3-2-4-7-17/h2-4,6-7,18H,5,8-16H2,1H3. The summed E-state index contributed by atoms with van der Waals surface area (Å²) in [5.74, 6) is 0.575. The summed E-state index contributed by atoms with van der Waals surface area (Å²) >= 11 is 0. The highest BCUT2D eigenvalue weighted by atomic mass is 16.6. The Hall–Kier alpha value is -1.59. The second-order valence-electron chi connectivity index (χ2n) is 7.10. The molecule has 2 heterocycles. The van der Waals surface area contributed by atoms with E-state index in [9.17, 15) is 4.79 Å². The molecular weight excluding hydrogens is 302 g/mol. The maximum Gasteiger partial charge on any atom is 0.410 e. The number of hydrogen-bond acceptors (Lipinski definition) is 4. The van der Waals surface area contributed by atoms with Crippen LogP contribution >= 0.6 is 0 Å². The van der Waals surface area contributed by atoms with Crippen LogP contribution in [-0.2, 0) is 11.3 Å². The van der Waals surface area contributed by atoms with E-state index in [-0.39, 0.29) is 6.09 Å². The van der Waals surface area contributed by atoms with Gasteiger partial charge in [-0.2, -0.15) is 0 Å². The average Bonchev–Trinajstić information content (AvgIpc) is 2.63.